The number of nitrogens with one attached hydrogen (secondary N) is 1. The molecule has 3 heteroatoms. The maximum Gasteiger partial charge on any atom is 0.223 e. The molecule has 0 aromatic heterocycles. The molecule has 19 heavy (non-hydrogen) atoms. The van der Waals surface area contributed by atoms with Gasteiger partial charge in [0.05, 0.1) is 0 Å². The average molecular weight is 258 g/mol. The van der Waals surface area contributed by atoms with E-state index in [0.717, 1.165) is 19.5 Å². The molecule has 1 fully saturated rings. The van der Waals surface area contributed by atoms with Crippen LogP contribution in [0.15, 0.2) is 24.3 Å². The van der Waals surface area contributed by atoms with Gasteiger partial charge in [-0.3, -0.25) is 4.79 Å². The van der Waals surface area contributed by atoms with Gasteiger partial charge >= 0.3 is 0 Å². The maximum absolute atomic E-state index is 12.5. The first kappa shape index (κ1) is 12.5. The highest BCUT2D eigenvalue weighted by Crippen LogP contribution is 2.34. The molecule has 1 N–H and O–H groups in total. The first-order valence-corrected chi connectivity index (χ1v) is 7.42. The summed E-state index contributed by atoms with van der Waals surface area (Å²) in [6.45, 7) is 4.04. The Morgan fingerprint density at radius 3 is 3.11 bits per heavy atom. The van der Waals surface area contributed by atoms with Gasteiger partial charge in [0.15, 0.2) is 0 Å². The molecule has 2 heterocycles. The fourth-order valence-corrected chi connectivity index (χ4v) is 3.46. The fourth-order valence-electron chi connectivity index (χ4n) is 3.46. The van der Waals surface area contributed by atoms with Crippen molar-refractivity contribution in [2.24, 2.45) is 0 Å². The minimum atomic E-state index is 0.341. The van der Waals surface area contributed by atoms with E-state index < -0.39 is 0 Å². The standard InChI is InChI=1S/C16H22N2O/c1-2-13-6-5-9-18(13)16(19)10-12-11-17-15-8-4-3-7-14(12)15/h3-4,7-8,12-13,17H,2,5-6,9-11H2,1H3. The van der Waals surface area contributed by atoms with E-state index >= 15 is 0 Å². The molecular weight excluding hydrogens is 236 g/mol. The molecule has 2 aliphatic rings. The molecular formula is C16H22N2O. The molecule has 0 radical (unpaired) electrons. The quantitative estimate of drug-likeness (QED) is 0.904. The van der Waals surface area contributed by atoms with Crippen LogP contribution in [0.1, 0.15) is 44.1 Å². The highest BCUT2D eigenvalue weighted by molar-refractivity contribution is 5.79. The van der Waals surface area contributed by atoms with Crippen molar-refractivity contribution < 1.29 is 4.79 Å². The number of likely N-dealkylation sites (tertiary alicyclic amines) is 1. The van der Waals surface area contributed by atoms with Crippen molar-refractivity contribution in [1.29, 1.82) is 0 Å². The summed E-state index contributed by atoms with van der Waals surface area (Å²) in [6.07, 6.45) is 4.09. The van der Waals surface area contributed by atoms with Crippen LogP contribution in [0.3, 0.4) is 0 Å². The first-order valence-electron chi connectivity index (χ1n) is 7.42. The molecule has 0 spiro atoms. The van der Waals surface area contributed by atoms with Gasteiger partial charge in [0, 0.05) is 37.2 Å². The van der Waals surface area contributed by atoms with E-state index in [1.165, 1.54) is 24.1 Å². The van der Waals surface area contributed by atoms with E-state index in [4.69, 9.17) is 0 Å². The molecule has 1 amide bonds. The highest BCUT2D eigenvalue weighted by Gasteiger charge is 2.31. The number of hydrogen-bond acceptors (Lipinski definition) is 2. The normalized spacial score (nSPS) is 25.2. The van der Waals surface area contributed by atoms with Crippen LogP contribution in [0.2, 0.25) is 0 Å². The number of para-hydroxylation sites is 1. The van der Waals surface area contributed by atoms with Crippen molar-refractivity contribution in [3.63, 3.8) is 0 Å². The van der Waals surface area contributed by atoms with Crippen LogP contribution >= 0.6 is 0 Å². The van der Waals surface area contributed by atoms with Crippen LogP contribution in [0.25, 0.3) is 0 Å². The molecule has 3 rings (SSSR count). The summed E-state index contributed by atoms with van der Waals surface area (Å²) in [5.74, 6) is 0.689. The average Bonchev–Trinajstić information content (AvgIpc) is 3.05. The van der Waals surface area contributed by atoms with E-state index in [1.807, 2.05) is 6.07 Å². The van der Waals surface area contributed by atoms with Crippen LogP contribution in [-0.2, 0) is 4.79 Å². The van der Waals surface area contributed by atoms with Crippen LogP contribution < -0.4 is 5.32 Å². The Labute approximate surface area is 115 Å². The molecule has 2 atom stereocenters. The number of carbonyl (C=O) groups is 1. The number of anilines is 1. The molecule has 1 saturated heterocycles. The van der Waals surface area contributed by atoms with Gasteiger partial charge < -0.3 is 10.2 Å². The number of fused-ring (bicyclic) bond motifs is 1. The highest BCUT2D eigenvalue weighted by atomic mass is 16.2. The largest absolute Gasteiger partial charge is 0.384 e. The number of amides is 1. The van der Waals surface area contributed by atoms with Gasteiger partial charge in [-0.2, -0.15) is 0 Å². The van der Waals surface area contributed by atoms with Crippen molar-refractivity contribution >= 4 is 11.6 Å². The maximum atomic E-state index is 12.5. The first-order chi connectivity index (χ1) is 9.29. The smallest absolute Gasteiger partial charge is 0.223 e. The number of benzene rings is 1. The predicted molar refractivity (Wildman–Crippen MR) is 77.3 cm³/mol. The Balaban J connectivity index is 1.68. The second kappa shape index (κ2) is 5.24. The minimum absolute atomic E-state index is 0.341. The van der Waals surface area contributed by atoms with Gasteiger partial charge in [0.25, 0.3) is 0 Å². The summed E-state index contributed by atoms with van der Waals surface area (Å²) in [6, 6.07) is 8.84. The van der Waals surface area contributed by atoms with E-state index in [1.54, 1.807) is 0 Å². The second-order valence-corrected chi connectivity index (χ2v) is 5.66. The lowest BCUT2D eigenvalue weighted by Gasteiger charge is -2.25. The van der Waals surface area contributed by atoms with Crippen LogP contribution in [0.5, 0.6) is 0 Å². The van der Waals surface area contributed by atoms with Crippen LogP contribution in [0, 0.1) is 0 Å². The third kappa shape index (κ3) is 2.34. The van der Waals surface area contributed by atoms with E-state index in [9.17, 15) is 4.79 Å². The van der Waals surface area contributed by atoms with Crippen LogP contribution in [0.4, 0.5) is 5.69 Å². The lowest BCUT2D eigenvalue weighted by Crippen LogP contribution is -2.36. The molecule has 1 aromatic carbocycles. The zero-order valence-corrected chi connectivity index (χ0v) is 11.6. The van der Waals surface area contributed by atoms with Gasteiger partial charge in [-0.15, -0.1) is 0 Å². The van der Waals surface area contributed by atoms with Crippen molar-refractivity contribution in [2.45, 2.75) is 44.6 Å². The topological polar surface area (TPSA) is 32.3 Å². The van der Waals surface area contributed by atoms with Gasteiger partial charge in [-0.1, -0.05) is 25.1 Å². The zero-order valence-electron chi connectivity index (χ0n) is 11.6. The summed E-state index contributed by atoms with van der Waals surface area (Å²) >= 11 is 0. The minimum Gasteiger partial charge on any atom is -0.384 e. The lowest BCUT2D eigenvalue weighted by atomic mass is 9.97. The van der Waals surface area contributed by atoms with Crippen molar-refractivity contribution in [3.05, 3.63) is 29.8 Å². The third-order valence-corrected chi connectivity index (χ3v) is 4.53. The fraction of sp³-hybridized carbons (Fsp3) is 0.562. The molecule has 0 saturated carbocycles. The van der Waals surface area contributed by atoms with Gasteiger partial charge in [-0.25, -0.2) is 0 Å². The number of hydrogen-bond donors (Lipinski definition) is 1. The van der Waals surface area contributed by atoms with Gasteiger partial charge in [0.2, 0.25) is 5.91 Å². The van der Waals surface area contributed by atoms with Crippen LogP contribution in [-0.4, -0.2) is 29.9 Å². The Morgan fingerprint density at radius 2 is 2.26 bits per heavy atom. The third-order valence-electron chi connectivity index (χ3n) is 4.53. The molecule has 1 aromatic rings. The SMILES string of the molecule is CCC1CCCN1C(=O)CC1CNc2ccccc21. The lowest BCUT2D eigenvalue weighted by molar-refractivity contribution is -0.132. The molecule has 102 valence electrons. The number of nitrogens with zero attached hydrogens (tertiary/aromatic N) is 1. The Hall–Kier alpha value is -1.51. The molecule has 2 aliphatic heterocycles. The number of rotatable bonds is 3. The summed E-state index contributed by atoms with van der Waals surface area (Å²) in [7, 11) is 0. The Bertz CT molecular complexity index is 472. The Kier molecular flexibility index (Phi) is 3.45. The summed E-state index contributed by atoms with van der Waals surface area (Å²) in [4.78, 5) is 14.6. The second-order valence-electron chi connectivity index (χ2n) is 5.66. The molecule has 0 aliphatic carbocycles. The van der Waals surface area contributed by atoms with Crippen molar-refractivity contribution in [2.75, 3.05) is 18.4 Å². The van der Waals surface area contributed by atoms with Gasteiger partial charge in [0.1, 0.15) is 0 Å². The summed E-state index contributed by atoms with van der Waals surface area (Å²) in [5, 5.41) is 3.40. The van der Waals surface area contributed by atoms with E-state index in [2.05, 4.69) is 35.3 Å². The van der Waals surface area contributed by atoms with E-state index in [0.29, 0.717) is 24.3 Å². The Morgan fingerprint density at radius 1 is 1.42 bits per heavy atom. The van der Waals surface area contributed by atoms with Gasteiger partial charge in [-0.05, 0) is 30.9 Å². The van der Waals surface area contributed by atoms with E-state index in [-0.39, 0.29) is 0 Å². The summed E-state index contributed by atoms with van der Waals surface area (Å²) < 4.78 is 0. The predicted octanol–water partition coefficient (Wildman–Crippen LogP) is 2.99. The molecule has 0 bridgehead atoms. The van der Waals surface area contributed by atoms with Crippen molar-refractivity contribution in [3.8, 4) is 0 Å². The molecule has 3 nitrogen and oxygen atoms in total. The number of carbonyl (C=O) groups excluding carboxylic acids is 1. The van der Waals surface area contributed by atoms with Crippen molar-refractivity contribution in [1.82, 2.24) is 4.90 Å². The zero-order chi connectivity index (χ0) is 13.2. The monoisotopic (exact) mass is 258 g/mol. The molecule has 2 unspecified atom stereocenters. The summed E-state index contributed by atoms with van der Waals surface area (Å²) in [5.41, 5.74) is 2.51.